The summed E-state index contributed by atoms with van der Waals surface area (Å²) in [5.41, 5.74) is 0.814. The molecule has 0 atom stereocenters. The van der Waals surface area contributed by atoms with Crippen molar-refractivity contribution in [3.8, 4) is 5.69 Å². The van der Waals surface area contributed by atoms with Gasteiger partial charge < -0.3 is 4.74 Å². The number of aromatic nitrogens is 4. The van der Waals surface area contributed by atoms with Crippen molar-refractivity contribution in [1.29, 1.82) is 0 Å². The fraction of sp³-hybridized carbons (Fsp3) is 0.190. The minimum atomic E-state index is -0.659. The number of halogens is 3. The van der Waals surface area contributed by atoms with Crippen LogP contribution in [0.15, 0.2) is 53.3 Å². The third-order valence-corrected chi connectivity index (χ3v) is 5.13. The third kappa shape index (κ3) is 3.96. The Morgan fingerprint density at radius 2 is 1.87 bits per heavy atom. The van der Waals surface area contributed by atoms with Crippen LogP contribution in [-0.4, -0.2) is 19.3 Å². The molecule has 4 rings (SSSR count). The van der Waals surface area contributed by atoms with Gasteiger partial charge in [-0.2, -0.15) is 4.68 Å². The molecule has 0 aliphatic rings. The van der Waals surface area contributed by atoms with E-state index in [0.717, 1.165) is 10.2 Å². The maximum Gasteiger partial charge on any atom is 0.350 e. The fourth-order valence-electron chi connectivity index (χ4n) is 3.18. The molecule has 2 heterocycles. The molecule has 0 bridgehead atoms. The summed E-state index contributed by atoms with van der Waals surface area (Å²) in [6, 6.07) is 13.7. The Labute approximate surface area is 181 Å². The molecule has 0 amide bonds. The molecule has 0 N–H and O–H groups in total. The standard InChI is InChI=1S/C21H17Cl2FN4O2/c1-2-27-20(12-30-11-13-6-4-3-5-7-13)26-28(21(27)29)18-8-14-15(22)9-19(23)25-17(14)10-16(18)24/h3-10H,2,11-12H2,1H3. The van der Waals surface area contributed by atoms with E-state index >= 15 is 0 Å². The van der Waals surface area contributed by atoms with Crippen molar-refractivity contribution >= 4 is 34.1 Å². The second kappa shape index (κ2) is 8.55. The van der Waals surface area contributed by atoms with Crippen LogP contribution < -0.4 is 5.69 Å². The van der Waals surface area contributed by atoms with Gasteiger partial charge in [0.1, 0.15) is 17.4 Å². The van der Waals surface area contributed by atoms with Gasteiger partial charge >= 0.3 is 5.69 Å². The predicted octanol–water partition coefficient (Wildman–Crippen LogP) is 4.76. The molecule has 154 valence electrons. The molecule has 0 saturated carbocycles. The number of ether oxygens (including phenoxy) is 1. The molecule has 9 heteroatoms. The number of rotatable bonds is 6. The lowest BCUT2D eigenvalue weighted by Crippen LogP contribution is -2.24. The van der Waals surface area contributed by atoms with Gasteiger partial charge in [-0.3, -0.25) is 4.57 Å². The van der Waals surface area contributed by atoms with E-state index in [1.165, 1.54) is 22.8 Å². The minimum Gasteiger partial charge on any atom is -0.369 e. The molecule has 0 aliphatic heterocycles. The second-order valence-electron chi connectivity index (χ2n) is 6.58. The Kier molecular flexibility index (Phi) is 5.85. The van der Waals surface area contributed by atoms with Gasteiger partial charge in [0.15, 0.2) is 11.6 Å². The SMILES string of the molecule is CCn1c(COCc2ccccc2)nn(-c2cc3c(Cl)cc(Cl)nc3cc2F)c1=O. The van der Waals surface area contributed by atoms with E-state index in [1.807, 2.05) is 37.3 Å². The quantitative estimate of drug-likeness (QED) is 0.400. The van der Waals surface area contributed by atoms with Gasteiger partial charge in [-0.1, -0.05) is 53.5 Å². The molecule has 0 aliphatic carbocycles. The number of hydrogen-bond acceptors (Lipinski definition) is 4. The molecule has 30 heavy (non-hydrogen) atoms. The molecule has 2 aromatic heterocycles. The van der Waals surface area contributed by atoms with Crippen molar-refractivity contribution in [2.75, 3.05) is 0 Å². The highest BCUT2D eigenvalue weighted by molar-refractivity contribution is 6.37. The van der Waals surface area contributed by atoms with Crippen LogP contribution in [0.25, 0.3) is 16.6 Å². The summed E-state index contributed by atoms with van der Waals surface area (Å²) >= 11 is 12.1. The Hall–Kier alpha value is -2.74. The van der Waals surface area contributed by atoms with E-state index in [-0.39, 0.29) is 17.4 Å². The van der Waals surface area contributed by atoms with Gasteiger partial charge in [0.2, 0.25) is 0 Å². The van der Waals surface area contributed by atoms with Crippen LogP contribution in [0.3, 0.4) is 0 Å². The molecule has 0 unspecified atom stereocenters. The number of hydrogen-bond donors (Lipinski definition) is 0. The summed E-state index contributed by atoms with van der Waals surface area (Å²) in [6.45, 7) is 2.67. The van der Waals surface area contributed by atoms with Crippen molar-refractivity contribution < 1.29 is 9.13 Å². The van der Waals surface area contributed by atoms with Crippen molar-refractivity contribution in [2.45, 2.75) is 26.7 Å². The highest BCUT2D eigenvalue weighted by Crippen LogP contribution is 2.28. The van der Waals surface area contributed by atoms with Gasteiger partial charge in [-0.15, -0.1) is 5.10 Å². The van der Waals surface area contributed by atoms with Crippen molar-refractivity contribution in [3.05, 3.63) is 86.4 Å². The zero-order valence-electron chi connectivity index (χ0n) is 16.0. The van der Waals surface area contributed by atoms with Crippen LogP contribution in [0.4, 0.5) is 4.39 Å². The van der Waals surface area contributed by atoms with Crippen molar-refractivity contribution in [2.24, 2.45) is 0 Å². The Bertz CT molecular complexity index is 1270. The van der Waals surface area contributed by atoms with Crippen LogP contribution in [0, 0.1) is 5.82 Å². The van der Waals surface area contributed by atoms with Crippen LogP contribution in [0.1, 0.15) is 18.3 Å². The molecular formula is C21H17Cl2FN4O2. The van der Waals surface area contributed by atoms with Gasteiger partial charge in [0.05, 0.1) is 17.1 Å². The van der Waals surface area contributed by atoms with Gasteiger partial charge in [-0.05, 0) is 24.6 Å². The van der Waals surface area contributed by atoms with E-state index in [9.17, 15) is 9.18 Å². The zero-order chi connectivity index (χ0) is 21.3. The lowest BCUT2D eigenvalue weighted by molar-refractivity contribution is 0.0989. The fourth-order valence-corrected chi connectivity index (χ4v) is 3.69. The molecule has 6 nitrogen and oxygen atoms in total. The normalized spacial score (nSPS) is 11.3. The monoisotopic (exact) mass is 446 g/mol. The van der Waals surface area contributed by atoms with E-state index in [2.05, 4.69) is 10.1 Å². The minimum absolute atomic E-state index is 0.0185. The first-order valence-corrected chi connectivity index (χ1v) is 9.99. The first kappa shape index (κ1) is 20.5. The molecule has 2 aromatic carbocycles. The van der Waals surface area contributed by atoms with Gasteiger partial charge in [-0.25, -0.2) is 14.2 Å². The Morgan fingerprint density at radius 3 is 2.60 bits per heavy atom. The van der Waals surface area contributed by atoms with E-state index in [4.69, 9.17) is 27.9 Å². The van der Waals surface area contributed by atoms with E-state index < -0.39 is 11.5 Å². The topological polar surface area (TPSA) is 61.9 Å². The lowest BCUT2D eigenvalue weighted by Gasteiger charge is -2.06. The van der Waals surface area contributed by atoms with Crippen molar-refractivity contribution in [1.82, 2.24) is 19.3 Å². The van der Waals surface area contributed by atoms with Crippen LogP contribution in [0.2, 0.25) is 10.2 Å². The number of nitrogens with zero attached hydrogens (tertiary/aromatic N) is 4. The highest BCUT2D eigenvalue weighted by Gasteiger charge is 2.18. The largest absolute Gasteiger partial charge is 0.369 e. The van der Waals surface area contributed by atoms with Crippen LogP contribution in [-0.2, 0) is 24.5 Å². The molecule has 0 fully saturated rings. The summed E-state index contributed by atoms with van der Waals surface area (Å²) in [5.74, 6) is -0.258. The molecular weight excluding hydrogens is 430 g/mol. The maximum atomic E-state index is 14.8. The van der Waals surface area contributed by atoms with Gasteiger partial charge in [0, 0.05) is 18.0 Å². The Balaban J connectivity index is 1.69. The van der Waals surface area contributed by atoms with Gasteiger partial charge in [0.25, 0.3) is 0 Å². The van der Waals surface area contributed by atoms with Crippen LogP contribution >= 0.6 is 23.2 Å². The molecule has 4 aromatic rings. The first-order chi connectivity index (χ1) is 14.5. The van der Waals surface area contributed by atoms with Crippen LogP contribution in [0.5, 0.6) is 0 Å². The number of benzene rings is 2. The molecule has 0 saturated heterocycles. The van der Waals surface area contributed by atoms with E-state index in [1.54, 1.807) is 0 Å². The number of fused-ring (bicyclic) bond motifs is 1. The maximum absolute atomic E-state index is 14.8. The lowest BCUT2D eigenvalue weighted by atomic mass is 10.2. The average Bonchev–Trinajstić information content (AvgIpc) is 3.03. The second-order valence-corrected chi connectivity index (χ2v) is 7.38. The molecule has 0 spiro atoms. The first-order valence-electron chi connectivity index (χ1n) is 9.24. The smallest absolute Gasteiger partial charge is 0.350 e. The Morgan fingerprint density at radius 1 is 1.10 bits per heavy atom. The number of pyridine rings is 1. The summed E-state index contributed by atoms with van der Waals surface area (Å²) in [7, 11) is 0. The third-order valence-electron chi connectivity index (χ3n) is 4.62. The summed E-state index contributed by atoms with van der Waals surface area (Å²) in [4.78, 5) is 16.9. The highest BCUT2D eigenvalue weighted by atomic mass is 35.5. The van der Waals surface area contributed by atoms with E-state index in [0.29, 0.717) is 34.9 Å². The summed E-state index contributed by atoms with van der Waals surface area (Å²) in [6.07, 6.45) is 0. The zero-order valence-corrected chi connectivity index (χ0v) is 17.5. The summed E-state index contributed by atoms with van der Waals surface area (Å²) in [5, 5.41) is 5.24. The summed E-state index contributed by atoms with van der Waals surface area (Å²) < 4.78 is 23.0. The average molecular weight is 447 g/mol. The predicted molar refractivity (Wildman–Crippen MR) is 114 cm³/mol. The molecule has 0 radical (unpaired) electrons. The van der Waals surface area contributed by atoms with Crippen molar-refractivity contribution in [3.63, 3.8) is 0 Å².